The van der Waals surface area contributed by atoms with Gasteiger partial charge in [-0.1, -0.05) is 0 Å². The van der Waals surface area contributed by atoms with Crippen LogP contribution >= 0.6 is 12.6 Å². The standard InChI is InChI=1S/C28H36FN9O8S/c29-15-5-3-14(4-6-15)28(46)38-7-1-2-21(38)27(45)35-18(8-16-10-32-13-33-16)24(42)36-19(11-39)25(43)37-20(12-47)26(44)34-17(23(31)41)9-22(30)40/h3-6,10,13,17-21,39,47H,1-2,7-9,11-12H2,(H2,30,40)(H2,31,41)(H,32,33)(H,34,44)(H,35,45)(H,36,42)(H,37,43)/t17-,18-,19-,20-,21-/m0/s1. The molecule has 10 N–H and O–H groups in total. The van der Waals surface area contributed by atoms with E-state index in [1.807, 2.05) is 0 Å². The molecule has 254 valence electrons. The van der Waals surface area contributed by atoms with Gasteiger partial charge < -0.3 is 47.7 Å². The van der Waals surface area contributed by atoms with Gasteiger partial charge >= 0.3 is 0 Å². The Balaban J connectivity index is 1.71. The van der Waals surface area contributed by atoms with Gasteiger partial charge in [0.05, 0.1) is 19.4 Å². The number of halogens is 1. The van der Waals surface area contributed by atoms with Gasteiger partial charge in [0.1, 0.15) is 36.0 Å². The minimum absolute atomic E-state index is 0.119. The van der Waals surface area contributed by atoms with Crippen molar-refractivity contribution in [2.24, 2.45) is 11.5 Å². The van der Waals surface area contributed by atoms with Crippen LogP contribution in [0.1, 0.15) is 35.3 Å². The number of aliphatic hydroxyl groups is 1. The molecule has 2 aromatic rings. The van der Waals surface area contributed by atoms with E-state index in [0.29, 0.717) is 18.5 Å². The van der Waals surface area contributed by atoms with Gasteiger partial charge in [-0.15, -0.1) is 0 Å². The predicted octanol–water partition coefficient (Wildman–Crippen LogP) is -3.38. The highest BCUT2D eigenvalue weighted by atomic mass is 32.1. The van der Waals surface area contributed by atoms with E-state index in [1.165, 1.54) is 29.6 Å². The molecule has 1 aromatic carbocycles. The minimum atomic E-state index is -1.61. The van der Waals surface area contributed by atoms with Crippen molar-refractivity contribution in [2.75, 3.05) is 18.9 Å². The van der Waals surface area contributed by atoms with E-state index in [4.69, 9.17) is 11.5 Å². The molecule has 0 saturated carbocycles. The van der Waals surface area contributed by atoms with Gasteiger partial charge in [0.25, 0.3) is 5.91 Å². The number of primary amides is 2. The van der Waals surface area contributed by atoms with E-state index in [0.717, 1.165) is 12.1 Å². The summed E-state index contributed by atoms with van der Waals surface area (Å²) in [5.41, 5.74) is 10.9. The molecule has 1 aliphatic rings. The van der Waals surface area contributed by atoms with Crippen LogP contribution in [-0.2, 0) is 35.2 Å². The van der Waals surface area contributed by atoms with Gasteiger partial charge in [0.15, 0.2) is 0 Å². The maximum atomic E-state index is 13.4. The number of nitrogens with zero attached hydrogens (tertiary/aromatic N) is 2. The summed E-state index contributed by atoms with van der Waals surface area (Å²) in [6.07, 6.45) is 2.85. The largest absolute Gasteiger partial charge is 0.394 e. The molecule has 0 aliphatic carbocycles. The molecular weight excluding hydrogens is 641 g/mol. The zero-order chi connectivity index (χ0) is 34.7. The van der Waals surface area contributed by atoms with Crippen molar-refractivity contribution in [2.45, 2.75) is 55.9 Å². The minimum Gasteiger partial charge on any atom is -0.394 e. The van der Waals surface area contributed by atoms with Crippen molar-refractivity contribution in [3.63, 3.8) is 0 Å². The number of rotatable bonds is 16. The van der Waals surface area contributed by atoms with Crippen LogP contribution in [0.25, 0.3) is 0 Å². The van der Waals surface area contributed by atoms with Gasteiger partial charge in [-0.3, -0.25) is 33.6 Å². The number of carbonyl (C=O) groups is 7. The second-order valence-corrected chi connectivity index (χ2v) is 11.0. The third kappa shape index (κ3) is 10.2. The normalized spacial score (nSPS) is 16.7. The SMILES string of the molecule is NC(=O)C[C@H](NC(=O)[C@H](CS)NC(=O)[C@H](CO)NC(=O)[C@H](Cc1cnc[nH]1)NC(=O)[C@@H]1CCCN1C(=O)c1ccc(F)cc1)C(N)=O. The number of imidazole rings is 1. The number of carbonyl (C=O) groups excluding carboxylic acids is 7. The number of hydrogen-bond donors (Lipinski definition) is 9. The van der Waals surface area contributed by atoms with Crippen LogP contribution in [-0.4, -0.2) is 110 Å². The highest BCUT2D eigenvalue weighted by Crippen LogP contribution is 2.21. The number of amides is 7. The average Bonchev–Trinajstić information content (AvgIpc) is 3.74. The molecule has 1 aromatic heterocycles. The fraction of sp³-hybridized carbons (Fsp3) is 0.429. The summed E-state index contributed by atoms with van der Waals surface area (Å²) in [5.74, 6) is -6.78. The molecule has 0 radical (unpaired) electrons. The maximum Gasteiger partial charge on any atom is 0.254 e. The third-order valence-electron chi connectivity index (χ3n) is 7.22. The first-order valence-electron chi connectivity index (χ1n) is 14.4. The summed E-state index contributed by atoms with van der Waals surface area (Å²) >= 11 is 4.02. The van der Waals surface area contributed by atoms with Crippen LogP contribution in [0, 0.1) is 5.82 Å². The average molecular weight is 678 g/mol. The number of hydrogen-bond acceptors (Lipinski definition) is 10. The molecule has 1 aliphatic heterocycles. The van der Waals surface area contributed by atoms with E-state index in [9.17, 15) is 43.1 Å². The summed E-state index contributed by atoms with van der Waals surface area (Å²) in [6, 6.07) is -1.86. The van der Waals surface area contributed by atoms with Gasteiger partial charge in [-0.05, 0) is 37.1 Å². The van der Waals surface area contributed by atoms with Crippen molar-refractivity contribution >= 4 is 54.0 Å². The van der Waals surface area contributed by atoms with Crippen LogP contribution in [0.5, 0.6) is 0 Å². The first-order chi connectivity index (χ1) is 22.3. The number of benzene rings is 1. The van der Waals surface area contributed by atoms with Crippen molar-refractivity contribution in [3.05, 3.63) is 53.9 Å². The summed E-state index contributed by atoms with van der Waals surface area (Å²) in [7, 11) is 0. The second kappa shape index (κ2) is 17.0. The second-order valence-electron chi connectivity index (χ2n) is 10.6. The molecule has 0 bridgehead atoms. The quantitative estimate of drug-likeness (QED) is 0.0801. The van der Waals surface area contributed by atoms with Gasteiger partial charge in [0, 0.05) is 36.2 Å². The molecule has 0 unspecified atom stereocenters. The molecule has 3 rings (SSSR count). The first-order valence-corrected chi connectivity index (χ1v) is 15.0. The highest BCUT2D eigenvalue weighted by molar-refractivity contribution is 7.80. The van der Waals surface area contributed by atoms with Crippen molar-refractivity contribution in [1.82, 2.24) is 36.1 Å². The van der Waals surface area contributed by atoms with Crippen LogP contribution in [0.15, 0.2) is 36.8 Å². The molecule has 47 heavy (non-hydrogen) atoms. The predicted molar refractivity (Wildman–Crippen MR) is 164 cm³/mol. The molecule has 5 atom stereocenters. The zero-order valence-electron chi connectivity index (χ0n) is 25.0. The number of aliphatic hydroxyl groups excluding tert-OH is 1. The zero-order valence-corrected chi connectivity index (χ0v) is 25.9. The molecule has 1 fully saturated rings. The Morgan fingerprint density at radius 2 is 1.57 bits per heavy atom. The van der Waals surface area contributed by atoms with Crippen molar-refractivity contribution < 1.29 is 43.1 Å². The van der Waals surface area contributed by atoms with Crippen molar-refractivity contribution in [1.29, 1.82) is 0 Å². The lowest BCUT2D eigenvalue weighted by atomic mass is 10.1. The lowest BCUT2D eigenvalue weighted by Gasteiger charge is -2.27. The van der Waals surface area contributed by atoms with E-state index < -0.39 is 90.4 Å². The fourth-order valence-corrected chi connectivity index (χ4v) is 5.02. The van der Waals surface area contributed by atoms with E-state index in [2.05, 4.69) is 43.9 Å². The topological polar surface area (TPSA) is 272 Å². The Morgan fingerprint density at radius 3 is 2.15 bits per heavy atom. The Bertz CT molecular complexity index is 1460. The van der Waals surface area contributed by atoms with Gasteiger partial charge in [-0.25, -0.2) is 9.37 Å². The lowest BCUT2D eigenvalue weighted by Crippen LogP contribution is -2.60. The Labute approximate surface area is 273 Å². The summed E-state index contributed by atoms with van der Waals surface area (Å²) in [6.45, 7) is -0.668. The Morgan fingerprint density at radius 1 is 0.957 bits per heavy atom. The summed E-state index contributed by atoms with van der Waals surface area (Å²) in [5, 5.41) is 19.3. The van der Waals surface area contributed by atoms with Crippen LogP contribution in [0.2, 0.25) is 0 Å². The molecule has 2 heterocycles. The monoisotopic (exact) mass is 677 g/mol. The summed E-state index contributed by atoms with van der Waals surface area (Å²) in [4.78, 5) is 96.4. The smallest absolute Gasteiger partial charge is 0.254 e. The number of aromatic amines is 1. The number of nitrogens with two attached hydrogens (primary N) is 2. The molecule has 7 amide bonds. The molecule has 0 spiro atoms. The molecule has 1 saturated heterocycles. The van der Waals surface area contributed by atoms with E-state index >= 15 is 0 Å². The number of nitrogens with one attached hydrogen (secondary N) is 5. The Hall–Kier alpha value is -5.04. The number of likely N-dealkylation sites (tertiary alicyclic amines) is 1. The van der Waals surface area contributed by atoms with E-state index in [-0.39, 0.29) is 24.3 Å². The maximum absolute atomic E-state index is 13.4. The van der Waals surface area contributed by atoms with Gasteiger partial charge in [0.2, 0.25) is 35.4 Å². The molecular formula is C28H36FN9O8S. The third-order valence-corrected chi connectivity index (χ3v) is 7.58. The Kier molecular flexibility index (Phi) is 13.2. The first kappa shape index (κ1) is 36.4. The number of H-pyrrole nitrogens is 1. The fourth-order valence-electron chi connectivity index (χ4n) is 4.76. The van der Waals surface area contributed by atoms with Gasteiger partial charge in [-0.2, -0.15) is 12.6 Å². The number of thiol groups is 1. The van der Waals surface area contributed by atoms with E-state index in [1.54, 1.807) is 0 Å². The molecule has 19 heteroatoms. The van der Waals surface area contributed by atoms with Crippen LogP contribution in [0.4, 0.5) is 4.39 Å². The van der Waals surface area contributed by atoms with Crippen LogP contribution < -0.4 is 32.7 Å². The van der Waals surface area contributed by atoms with Crippen molar-refractivity contribution in [3.8, 4) is 0 Å². The summed E-state index contributed by atoms with van der Waals surface area (Å²) < 4.78 is 13.4. The highest BCUT2D eigenvalue weighted by Gasteiger charge is 2.37. The molecule has 17 nitrogen and oxygen atoms in total. The van der Waals surface area contributed by atoms with Crippen LogP contribution in [0.3, 0.4) is 0 Å². The number of aromatic nitrogens is 2. The lowest BCUT2D eigenvalue weighted by molar-refractivity contribution is -0.135.